The van der Waals surface area contributed by atoms with Gasteiger partial charge in [0.2, 0.25) is 0 Å². The number of ether oxygens (including phenoxy) is 2. The molecule has 0 radical (unpaired) electrons. The zero-order valence-corrected chi connectivity index (χ0v) is 11.2. The Morgan fingerprint density at radius 2 is 2.39 bits per heavy atom. The molecule has 3 nitrogen and oxygen atoms in total. The van der Waals surface area contributed by atoms with Crippen molar-refractivity contribution < 1.29 is 9.47 Å². The molecule has 1 aliphatic rings. The van der Waals surface area contributed by atoms with Crippen LogP contribution in [0.3, 0.4) is 0 Å². The fraction of sp³-hybridized carbons (Fsp3) is 0.571. The third kappa shape index (κ3) is 4.48. The maximum atomic E-state index is 6.02. The number of benzene rings is 1. The van der Waals surface area contributed by atoms with Gasteiger partial charge >= 0.3 is 0 Å². The highest BCUT2D eigenvalue weighted by atomic mass is 35.5. The van der Waals surface area contributed by atoms with E-state index in [0.29, 0.717) is 17.7 Å². The molecule has 1 aliphatic heterocycles. The van der Waals surface area contributed by atoms with E-state index < -0.39 is 0 Å². The summed E-state index contributed by atoms with van der Waals surface area (Å²) in [5, 5.41) is 0.681. The van der Waals surface area contributed by atoms with E-state index in [2.05, 4.69) is 0 Å². The molecule has 0 spiro atoms. The Hall–Kier alpha value is -0.770. The van der Waals surface area contributed by atoms with Gasteiger partial charge in [-0.2, -0.15) is 0 Å². The standard InChI is InChI=1S/C14H20ClNO2/c15-11-3-1-4-14(9-11)18-10-12(16)6-7-13-5-2-8-17-13/h1,3-4,9,12-13H,2,5-8,10,16H2. The van der Waals surface area contributed by atoms with Crippen molar-refractivity contribution in [1.82, 2.24) is 0 Å². The van der Waals surface area contributed by atoms with Gasteiger partial charge in [0, 0.05) is 17.7 Å². The second-order valence-electron chi connectivity index (χ2n) is 4.74. The maximum absolute atomic E-state index is 6.02. The number of hydrogen-bond acceptors (Lipinski definition) is 3. The summed E-state index contributed by atoms with van der Waals surface area (Å²) >= 11 is 5.88. The summed E-state index contributed by atoms with van der Waals surface area (Å²) in [6.45, 7) is 1.42. The van der Waals surface area contributed by atoms with E-state index in [1.807, 2.05) is 18.2 Å². The highest BCUT2D eigenvalue weighted by molar-refractivity contribution is 6.30. The highest BCUT2D eigenvalue weighted by Crippen LogP contribution is 2.19. The van der Waals surface area contributed by atoms with Crippen LogP contribution in [0.4, 0.5) is 0 Å². The molecular formula is C14H20ClNO2. The minimum absolute atomic E-state index is 0.0492. The van der Waals surface area contributed by atoms with Crippen molar-refractivity contribution in [3.63, 3.8) is 0 Å². The molecule has 2 rings (SSSR count). The minimum Gasteiger partial charge on any atom is -0.492 e. The molecule has 18 heavy (non-hydrogen) atoms. The zero-order valence-electron chi connectivity index (χ0n) is 10.5. The minimum atomic E-state index is 0.0492. The van der Waals surface area contributed by atoms with Crippen LogP contribution in [0.25, 0.3) is 0 Å². The lowest BCUT2D eigenvalue weighted by Gasteiger charge is -2.15. The lowest BCUT2D eigenvalue weighted by molar-refractivity contribution is 0.0989. The molecular weight excluding hydrogens is 250 g/mol. The van der Waals surface area contributed by atoms with Crippen LogP contribution < -0.4 is 10.5 Å². The summed E-state index contributed by atoms with van der Waals surface area (Å²) < 4.78 is 11.2. The Morgan fingerprint density at radius 3 is 3.11 bits per heavy atom. The van der Waals surface area contributed by atoms with Crippen LogP contribution in [0.15, 0.2) is 24.3 Å². The van der Waals surface area contributed by atoms with Crippen molar-refractivity contribution >= 4 is 11.6 Å². The normalized spacial score (nSPS) is 20.9. The molecule has 2 unspecified atom stereocenters. The van der Waals surface area contributed by atoms with Gasteiger partial charge in [0.1, 0.15) is 12.4 Å². The maximum Gasteiger partial charge on any atom is 0.120 e. The second kappa shape index (κ2) is 6.98. The average Bonchev–Trinajstić information content (AvgIpc) is 2.87. The van der Waals surface area contributed by atoms with Crippen molar-refractivity contribution in [3.05, 3.63) is 29.3 Å². The third-order valence-corrected chi connectivity index (χ3v) is 3.38. The van der Waals surface area contributed by atoms with Gasteiger partial charge in [-0.15, -0.1) is 0 Å². The van der Waals surface area contributed by atoms with Crippen LogP contribution in [0.1, 0.15) is 25.7 Å². The lowest BCUT2D eigenvalue weighted by atomic mass is 10.1. The average molecular weight is 270 g/mol. The van der Waals surface area contributed by atoms with Gasteiger partial charge in [0.15, 0.2) is 0 Å². The van der Waals surface area contributed by atoms with E-state index >= 15 is 0 Å². The summed E-state index contributed by atoms with van der Waals surface area (Å²) in [5.74, 6) is 0.773. The van der Waals surface area contributed by atoms with Crippen molar-refractivity contribution in [1.29, 1.82) is 0 Å². The van der Waals surface area contributed by atoms with Crippen LogP contribution in [-0.2, 0) is 4.74 Å². The molecule has 1 heterocycles. The molecule has 100 valence electrons. The van der Waals surface area contributed by atoms with Crippen LogP contribution in [0.5, 0.6) is 5.75 Å². The Bertz CT molecular complexity index is 367. The topological polar surface area (TPSA) is 44.5 Å². The Kier molecular flexibility index (Phi) is 5.29. The first-order valence-corrected chi connectivity index (χ1v) is 6.87. The van der Waals surface area contributed by atoms with Gasteiger partial charge < -0.3 is 15.2 Å². The second-order valence-corrected chi connectivity index (χ2v) is 5.18. The zero-order chi connectivity index (χ0) is 12.8. The molecule has 2 atom stereocenters. The Balaban J connectivity index is 1.66. The Morgan fingerprint density at radius 1 is 1.50 bits per heavy atom. The lowest BCUT2D eigenvalue weighted by Crippen LogP contribution is -2.29. The number of nitrogens with two attached hydrogens (primary N) is 1. The molecule has 2 N–H and O–H groups in total. The predicted molar refractivity (Wildman–Crippen MR) is 73.1 cm³/mol. The van der Waals surface area contributed by atoms with Gasteiger partial charge in [-0.1, -0.05) is 17.7 Å². The van der Waals surface area contributed by atoms with Crippen LogP contribution in [-0.4, -0.2) is 25.4 Å². The van der Waals surface area contributed by atoms with Crippen LogP contribution in [0, 0.1) is 0 Å². The van der Waals surface area contributed by atoms with Gasteiger partial charge in [-0.3, -0.25) is 0 Å². The number of rotatable bonds is 6. The van der Waals surface area contributed by atoms with E-state index in [1.165, 1.54) is 12.8 Å². The smallest absolute Gasteiger partial charge is 0.120 e. The van der Waals surface area contributed by atoms with Crippen molar-refractivity contribution in [2.45, 2.75) is 37.8 Å². The molecule has 1 aromatic carbocycles. The van der Waals surface area contributed by atoms with Gasteiger partial charge in [0.25, 0.3) is 0 Å². The first-order chi connectivity index (χ1) is 8.74. The first-order valence-electron chi connectivity index (χ1n) is 6.49. The van der Waals surface area contributed by atoms with Crippen molar-refractivity contribution in [2.75, 3.05) is 13.2 Å². The Labute approximate surface area is 113 Å². The largest absolute Gasteiger partial charge is 0.492 e. The molecule has 0 saturated carbocycles. The SMILES string of the molecule is NC(CCC1CCCO1)COc1cccc(Cl)c1. The van der Waals surface area contributed by atoms with E-state index in [1.54, 1.807) is 6.07 Å². The van der Waals surface area contributed by atoms with E-state index in [4.69, 9.17) is 26.8 Å². The summed E-state index contributed by atoms with van der Waals surface area (Å²) in [4.78, 5) is 0. The molecule has 0 aliphatic carbocycles. The molecule has 0 bridgehead atoms. The third-order valence-electron chi connectivity index (χ3n) is 3.14. The summed E-state index contributed by atoms with van der Waals surface area (Å²) in [5.41, 5.74) is 6.02. The molecule has 0 amide bonds. The number of hydrogen-bond donors (Lipinski definition) is 1. The molecule has 4 heteroatoms. The first kappa shape index (κ1) is 13.7. The molecule has 1 fully saturated rings. The van der Waals surface area contributed by atoms with E-state index in [-0.39, 0.29) is 6.04 Å². The molecule has 1 saturated heterocycles. The van der Waals surface area contributed by atoms with Crippen molar-refractivity contribution in [2.24, 2.45) is 5.73 Å². The van der Waals surface area contributed by atoms with Crippen LogP contribution in [0.2, 0.25) is 5.02 Å². The van der Waals surface area contributed by atoms with E-state index in [9.17, 15) is 0 Å². The highest BCUT2D eigenvalue weighted by Gasteiger charge is 2.16. The van der Waals surface area contributed by atoms with E-state index in [0.717, 1.165) is 25.2 Å². The van der Waals surface area contributed by atoms with Gasteiger partial charge in [-0.05, 0) is 43.9 Å². The summed E-state index contributed by atoms with van der Waals surface area (Å²) in [6, 6.07) is 7.43. The summed E-state index contributed by atoms with van der Waals surface area (Å²) in [6.07, 6.45) is 4.72. The molecule has 1 aromatic rings. The van der Waals surface area contributed by atoms with Crippen LogP contribution >= 0.6 is 11.6 Å². The van der Waals surface area contributed by atoms with Gasteiger partial charge in [-0.25, -0.2) is 0 Å². The summed E-state index contributed by atoms with van der Waals surface area (Å²) in [7, 11) is 0. The number of halogens is 1. The van der Waals surface area contributed by atoms with Crippen molar-refractivity contribution in [3.8, 4) is 5.75 Å². The van der Waals surface area contributed by atoms with Gasteiger partial charge in [0.05, 0.1) is 6.10 Å². The fourth-order valence-corrected chi connectivity index (χ4v) is 2.30. The fourth-order valence-electron chi connectivity index (χ4n) is 2.12. The molecule has 0 aromatic heterocycles. The monoisotopic (exact) mass is 269 g/mol. The predicted octanol–water partition coefficient (Wildman–Crippen LogP) is 3.01. The quantitative estimate of drug-likeness (QED) is 0.863.